The summed E-state index contributed by atoms with van der Waals surface area (Å²) >= 11 is 0. The van der Waals surface area contributed by atoms with Crippen LogP contribution in [0.2, 0.25) is 0 Å². The molecule has 0 bridgehead atoms. The van der Waals surface area contributed by atoms with Crippen molar-refractivity contribution in [2.24, 2.45) is 0 Å². The van der Waals surface area contributed by atoms with Crippen molar-refractivity contribution >= 4 is 21.9 Å². The van der Waals surface area contributed by atoms with Gasteiger partial charge in [-0.05, 0) is 51.0 Å². The van der Waals surface area contributed by atoms with E-state index >= 15 is 0 Å². The first-order valence-corrected chi connectivity index (χ1v) is 9.93. The quantitative estimate of drug-likeness (QED) is 0.693. The van der Waals surface area contributed by atoms with Gasteiger partial charge in [0.15, 0.2) is 0 Å². The molecule has 1 heterocycles. The minimum Gasteiger partial charge on any atom is -0.480 e. The molecule has 8 nitrogen and oxygen atoms in total. The molecule has 1 amide bonds. The zero-order valence-electron chi connectivity index (χ0n) is 14.8. The summed E-state index contributed by atoms with van der Waals surface area (Å²) in [6.45, 7) is 3.87. The lowest BCUT2D eigenvalue weighted by Gasteiger charge is -2.25. The second-order valence-corrected chi connectivity index (χ2v) is 8.20. The maximum Gasteiger partial charge on any atom is 0.323 e. The highest BCUT2D eigenvalue weighted by molar-refractivity contribution is 7.89. The first kappa shape index (κ1) is 20.3. The van der Waals surface area contributed by atoms with Crippen molar-refractivity contribution in [1.29, 1.82) is 0 Å². The van der Waals surface area contributed by atoms with Gasteiger partial charge in [0.05, 0.1) is 11.0 Å². The van der Waals surface area contributed by atoms with E-state index in [1.807, 2.05) is 0 Å². The Morgan fingerprint density at radius 2 is 1.96 bits per heavy atom. The average molecular weight is 384 g/mol. The number of aliphatic carboxylic acids is 1. The van der Waals surface area contributed by atoms with Gasteiger partial charge in [0, 0.05) is 24.8 Å². The molecule has 0 spiro atoms. The lowest BCUT2D eigenvalue weighted by Crippen LogP contribution is -2.40. The molecular weight excluding hydrogens is 360 g/mol. The molecule has 2 N–H and O–H groups in total. The molecule has 1 aromatic rings. The Morgan fingerprint density at radius 1 is 1.31 bits per heavy atom. The normalized spacial score (nSPS) is 17.4. The van der Waals surface area contributed by atoms with Crippen LogP contribution in [0.5, 0.6) is 0 Å². The fourth-order valence-electron chi connectivity index (χ4n) is 2.67. The summed E-state index contributed by atoms with van der Waals surface area (Å²) in [5, 5.41) is 8.94. The van der Waals surface area contributed by atoms with Crippen LogP contribution in [0.3, 0.4) is 0 Å². The predicted octanol–water partition coefficient (Wildman–Crippen LogP) is 1.08. The summed E-state index contributed by atoms with van der Waals surface area (Å²) in [6.07, 6.45) is 1.64. The maximum atomic E-state index is 12.5. The van der Waals surface area contributed by atoms with Gasteiger partial charge < -0.3 is 14.7 Å². The van der Waals surface area contributed by atoms with Crippen molar-refractivity contribution in [3.8, 4) is 0 Å². The van der Waals surface area contributed by atoms with Crippen LogP contribution in [0, 0.1) is 0 Å². The number of rotatable bonds is 8. The number of carboxylic acid groups (broad SMARTS) is 1. The van der Waals surface area contributed by atoms with Gasteiger partial charge in [-0.15, -0.1) is 0 Å². The smallest absolute Gasteiger partial charge is 0.323 e. The fourth-order valence-corrected chi connectivity index (χ4v) is 3.73. The van der Waals surface area contributed by atoms with Gasteiger partial charge >= 0.3 is 5.97 Å². The Morgan fingerprint density at radius 3 is 2.46 bits per heavy atom. The highest BCUT2D eigenvalue weighted by atomic mass is 32.2. The zero-order valence-corrected chi connectivity index (χ0v) is 15.7. The van der Waals surface area contributed by atoms with Gasteiger partial charge in [-0.3, -0.25) is 9.59 Å². The van der Waals surface area contributed by atoms with Crippen LogP contribution in [-0.4, -0.2) is 62.1 Å². The topological polar surface area (TPSA) is 113 Å². The molecule has 0 aliphatic carbocycles. The third-order valence-corrected chi connectivity index (χ3v) is 5.57. The van der Waals surface area contributed by atoms with Crippen molar-refractivity contribution in [3.63, 3.8) is 0 Å². The number of ether oxygens (including phenoxy) is 1. The summed E-state index contributed by atoms with van der Waals surface area (Å²) in [7, 11) is -3.69. The SMILES string of the molecule is CC(C)N(CC(=O)O)C(=O)c1ccc(S(=O)(=O)NCC2CCCO2)cc1. The number of nitrogens with zero attached hydrogens (tertiary/aromatic N) is 1. The van der Waals surface area contributed by atoms with Crippen molar-refractivity contribution < 1.29 is 27.9 Å². The van der Waals surface area contributed by atoms with E-state index in [1.165, 1.54) is 29.2 Å². The monoisotopic (exact) mass is 384 g/mol. The van der Waals surface area contributed by atoms with Gasteiger partial charge in [-0.1, -0.05) is 0 Å². The number of benzene rings is 1. The zero-order chi connectivity index (χ0) is 19.3. The van der Waals surface area contributed by atoms with E-state index in [0.29, 0.717) is 6.61 Å². The molecule has 0 radical (unpaired) electrons. The minimum atomic E-state index is -3.69. The number of hydrogen-bond donors (Lipinski definition) is 2. The van der Waals surface area contributed by atoms with Crippen molar-refractivity contribution in [1.82, 2.24) is 9.62 Å². The predicted molar refractivity (Wildman–Crippen MR) is 94.4 cm³/mol. The highest BCUT2D eigenvalue weighted by Gasteiger charge is 2.23. The van der Waals surface area contributed by atoms with E-state index in [0.717, 1.165) is 12.8 Å². The van der Waals surface area contributed by atoms with Crippen LogP contribution in [0.1, 0.15) is 37.0 Å². The summed E-state index contributed by atoms with van der Waals surface area (Å²) in [6, 6.07) is 5.16. The first-order valence-electron chi connectivity index (χ1n) is 8.45. The Labute approximate surface area is 153 Å². The minimum absolute atomic E-state index is 0.0429. The molecule has 1 saturated heterocycles. The van der Waals surface area contributed by atoms with Crippen LogP contribution >= 0.6 is 0 Å². The van der Waals surface area contributed by atoms with Gasteiger partial charge in [0.25, 0.3) is 5.91 Å². The maximum absolute atomic E-state index is 12.5. The van der Waals surface area contributed by atoms with Crippen molar-refractivity contribution in [2.45, 2.75) is 43.7 Å². The molecular formula is C17H24N2O6S. The van der Waals surface area contributed by atoms with Crippen LogP contribution in [0.25, 0.3) is 0 Å². The van der Waals surface area contributed by atoms with Crippen LogP contribution in [-0.2, 0) is 19.6 Å². The third kappa shape index (κ3) is 5.26. The summed E-state index contributed by atoms with van der Waals surface area (Å²) < 4.78 is 32.5. The van der Waals surface area contributed by atoms with E-state index < -0.39 is 28.4 Å². The molecule has 0 saturated carbocycles. The largest absolute Gasteiger partial charge is 0.480 e. The molecule has 1 fully saturated rings. The Kier molecular flexibility index (Phi) is 6.74. The lowest BCUT2D eigenvalue weighted by atomic mass is 10.1. The molecule has 1 aromatic carbocycles. The summed E-state index contributed by atoms with van der Waals surface area (Å²) in [4.78, 5) is 24.6. The first-order chi connectivity index (χ1) is 12.2. The lowest BCUT2D eigenvalue weighted by molar-refractivity contribution is -0.138. The summed E-state index contributed by atoms with van der Waals surface area (Å²) in [5.41, 5.74) is 0.234. The molecule has 1 aliphatic rings. The van der Waals surface area contributed by atoms with Crippen LogP contribution in [0.15, 0.2) is 29.2 Å². The number of nitrogens with one attached hydrogen (secondary N) is 1. The van der Waals surface area contributed by atoms with E-state index in [-0.39, 0.29) is 29.1 Å². The average Bonchev–Trinajstić information content (AvgIpc) is 3.11. The van der Waals surface area contributed by atoms with Crippen molar-refractivity contribution in [2.75, 3.05) is 19.7 Å². The van der Waals surface area contributed by atoms with Gasteiger partial charge in [-0.2, -0.15) is 0 Å². The Balaban J connectivity index is 2.08. The molecule has 26 heavy (non-hydrogen) atoms. The number of carboxylic acids is 1. The van der Waals surface area contributed by atoms with E-state index in [9.17, 15) is 18.0 Å². The second-order valence-electron chi connectivity index (χ2n) is 6.43. The molecule has 1 unspecified atom stereocenters. The highest BCUT2D eigenvalue weighted by Crippen LogP contribution is 2.15. The molecule has 0 aromatic heterocycles. The number of carbonyl (C=O) groups excluding carboxylic acids is 1. The number of carbonyl (C=O) groups is 2. The second kappa shape index (κ2) is 8.61. The number of sulfonamides is 1. The van der Waals surface area contributed by atoms with E-state index in [4.69, 9.17) is 9.84 Å². The summed E-state index contributed by atoms with van der Waals surface area (Å²) in [5.74, 6) is -1.57. The Hall–Kier alpha value is -1.97. The molecule has 2 rings (SSSR count). The number of hydrogen-bond acceptors (Lipinski definition) is 5. The van der Waals surface area contributed by atoms with Gasteiger partial charge in [-0.25, -0.2) is 13.1 Å². The molecule has 144 valence electrons. The van der Waals surface area contributed by atoms with Gasteiger partial charge in [0.2, 0.25) is 10.0 Å². The van der Waals surface area contributed by atoms with E-state index in [1.54, 1.807) is 13.8 Å². The molecule has 1 aliphatic heterocycles. The van der Waals surface area contributed by atoms with Gasteiger partial charge in [0.1, 0.15) is 6.54 Å². The fraction of sp³-hybridized carbons (Fsp3) is 0.529. The molecule has 1 atom stereocenters. The van der Waals surface area contributed by atoms with Crippen molar-refractivity contribution in [3.05, 3.63) is 29.8 Å². The third-order valence-electron chi connectivity index (χ3n) is 4.13. The Bertz CT molecular complexity index is 739. The van der Waals surface area contributed by atoms with E-state index in [2.05, 4.69) is 4.72 Å². The van der Waals surface area contributed by atoms with Crippen LogP contribution in [0.4, 0.5) is 0 Å². The molecule has 9 heteroatoms. The standard InChI is InChI=1S/C17H24N2O6S/c1-12(2)19(11-16(20)21)17(22)13-5-7-15(8-6-13)26(23,24)18-10-14-4-3-9-25-14/h5-8,12,14,18H,3-4,9-11H2,1-2H3,(H,20,21). The number of amides is 1. The van der Waals surface area contributed by atoms with Crippen LogP contribution < -0.4 is 4.72 Å².